The van der Waals surface area contributed by atoms with Crippen LogP contribution in [0.25, 0.3) is 11.1 Å². The van der Waals surface area contributed by atoms with E-state index in [0.717, 1.165) is 17.9 Å². The zero-order chi connectivity index (χ0) is 12.4. The SMILES string of the molecule is Cc1ccccc1-c1cnc(CNC2CC2)nc1. The quantitative estimate of drug-likeness (QED) is 0.891. The molecule has 0 saturated heterocycles. The second-order valence-electron chi connectivity index (χ2n) is 4.86. The Bertz CT molecular complexity index is 530. The molecule has 92 valence electrons. The lowest BCUT2D eigenvalue weighted by Crippen LogP contribution is -2.17. The summed E-state index contributed by atoms with van der Waals surface area (Å²) in [6.45, 7) is 2.89. The van der Waals surface area contributed by atoms with Gasteiger partial charge in [-0.3, -0.25) is 0 Å². The number of hydrogen-bond donors (Lipinski definition) is 1. The van der Waals surface area contributed by atoms with Crippen molar-refractivity contribution in [1.82, 2.24) is 15.3 Å². The number of aromatic nitrogens is 2. The van der Waals surface area contributed by atoms with Crippen LogP contribution in [0, 0.1) is 6.92 Å². The van der Waals surface area contributed by atoms with Gasteiger partial charge in [-0.2, -0.15) is 0 Å². The molecule has 3 heteroatoms. The highest BCUT2D eigenvalue weighted by Gasteiger charge is 2.20. The molecular formula is C15H17N3. The molecule has 0 bridgehead atoms. The zero-order valence-corrected chi connectivity index (χ0v) is 10.6. The molecule has 0 atom stereocenters. The molecule has 0 unspecified atom stereocenters. The first-order valence-electron chi connectivity index (χ1n) is 6.43. The molecule has 2 aromatic rings. The van der Waals surface area contributed by atoms with Crippen LogP contribution < -0.4 is 5.32 Å². The fourth-order valence-electron chi connectivity index (χ4n) is 2.01. The number of nitrogens with zero attached hydrogens (tertiary/aromatic N) is 2. The minimum atomic E-state index is 0.699. The lowest BCUT2D eigenvalue weighted by molar-refractivity contribution is 0.658. The molecule has 1 fully saturated rings. The second-order valence-corrected chi connectivity index (χ2v) is 4.86. The molecule has 1 N–H and O–H groups in total. The maximum atomic E-state index is 4.42. The highest BCUT2D eigenvalue weighted by molar-refractivity contribution is 5.65. The molecule has 1 saturated carbocycles. The van der Waals surface area contributed by atoms with Gasteiger partial charge in [-0.1, -0.05) is 24.3 Å². The normalized spacial score (nSPS) is 14.7. The predicted octanol–water partition coefficient (Wildman–Crippen LogP) is 2.70. The molecule has 18 heavy (non-hydrogen) atoms. The molecule has 0 radical (unpaired) electrons. The van der Waals surface area contributed by atoms with Crippen LogP contribution in [0.3, 0.4) is 0 Å². The van der Waals surface area contributed by atoms with E-state index in [1.165, 1.54) is 24.0 Å². The van der Waals surface area contributed by atoms with E-state index in [4.69, 9.17) is 0 Å². The van der Waals surface area contributed by atoms with Crippen LogP contribution in [-0.2, 0) is 6.54 Å². The van der Waals surface area contributed by atoms with Gasteiger partial charge in [0.25, 0.3) is 0 Å². The summed E-state index contributed by atoms with van der Waals surface area (Å²) in [5, 5.41) is 3.42. The van der Waals surface area contributed by atoms with Crippen LogP contribution in [0.4, 0.5) is 0 Å². The number of nitrogens with one attached hydrogen (secondary N) is 1. The predicted molar refractivity (Wildman–Crippen MR) is 72.1 cm³/mol. The van der Waals surface area contributed by atoms with Gasteiger partial charge in [0.2, 0.25) is 0 Å². The first-order valence-corrected chi connectivity index (χ1v) is 6.43. The molecule has 0 spiro atoms. The zero-order valence-electron chi connectivity index (χ0n) is 10.6. The summed E-state index contributed by atoms with van der Waals surface area (Å²) >= 11 is 0. The maximum absolute atomic E-state index is 4.42. The Morgan fingerprint density at radius 2 is 1.89 bits per heavy atom. The van der Waals surface area contributed by atoms with E-state index in [0.29, 0.717) is 6.04 Å². The maximum Gasteiger partial charge on any atom is 0.141 e. The summed E-state index contributed by atoms with van der Waals surface area (Å²) in [7, 11) is 0. The van der Waals surface area contributed by atoms with Gasteiger partial charge >= 0.3 is 0 Å². The van der Waals surface area contributed by atoms with Gasteiger partial charge in [0.05, 0.1) is 6.54 Å². The number of rotatable bonds is 4. The molecule has 3 nitrogen and oxygen atoms in total. The standard InChI is InChI=1S/C15H17N3/c1-11-4-2-3-5-14(11)12-8-17-15(18-9-12)10-16-13-6-7-13/h2-5,8-9,13,16H,6-7,10H2,1H3. The van der Waals surface area contributed by atoms with Gasteiger partial charge in [-0.05, 0) is 30.9 Å². The minimum Gasteiger partial charge on any atom is -0.307 e. The number of aryl methyl sites for hydroxylation is 1. The molecule has 1 aliphatic rings. The van der Waals surface area contributed by atoms with E-state index in [2.05, 4.69) is 34.3 Å². The van der Waals surface area contributed by atoms with E-state index in [1.807, 2.05) is 24.5 Å². The molecule has 1 aliphatic carbocycles. The average Bonchev–Trinajstić information content (AvgIpc) is 3.22. The van der Waals surface area contributed by atoms with Crippen molar-refractivity contribution >= 4 is 0 Å². The summed E-state index contributed by atoms with van der Waals surface area (Å²) in [5.74, 6) is 0.874. The number of hydrogen-bond acceptors (Lipinski definition) is 3. The first-order chi connectivity index (χ1) is 8.83. The summed E-state index contributed by atoms with van der Waals surface area (Å²) in [4.78, 5) is 8.84. The summed E-state index contributed by atoms with van der Waals surface area (Å²) in [6, 6.07) is 9.01. The summed E-state index contributed by atoms with van der Waals surface area (Å²) in [5.41, 5.74) is 3.55. The fourth-order valence-corrected chi connectivity index (χ4v) is 2.01. The Morgan fingerprint density at radius 1 is 1.17 bits per heavy atom. The van der Waals surface area contributed by atoms with Crippen LogP contribution in [0.15, 0.2) is 36.7 Å². The third-order valence-corrected chi connectivity index (χ3v) is 3.29. The van der Waals surface area contributed by atoms with E-state index in [1.54, 1.807) is 0 Å². The topological polar surface area (TPSA) is 37.8 Å². The van der Waals surface area contributed by atoms with Crippen molar-refractivity contribution in [2.24, 2.45) is 0 Å². The van der Waals surface area contributed by atoms with Gasteiger partial charge in [0.15, 0.2) is 0 Å². The van der Waals surface area contributed by atoms with Gasteiger partial charge < -0.3 is 5.32 Å². The Morgan fingerprint density at radius 3 is 2.56 bits per heavy atom. The van der Waals surface area contributed by atoms with Gasteiger partial charge in [0.1, 0.15) is 5.82 Å². The third-order valence-electron chi connectivity index (χ3n) is 3.29. The Kier molecular flexibility index (Phi) is 3.07. The van der Waals surface area contributed by atoms with Gasteiger partial charge in [0, 0.05) is 24.0 Å². The first kappa shape index (κ1) is 11.4. The van der Waals surface area contributed by atoms with Crippen LogP contribution >= 0.6 is 0 Å². The Balaban J connectivity index is 1.75. The fraction of sp³-hybridized carbons (Fsp3) is 0.333. The van der Waals surface area contributed by atoms with Crippen molar-refractivity contribution in [3.05, 3.63) is 48.0 Å². The van der Waals surface area contributed by atoms with Crippen molar-refractivity contribution < 1.29 is 0 Å². The molecule has 0 aliphatic heterocycles. The van der Waals surface area contributed by atoms with E-state index in [-0.39, 0.29) is 0 Å². The summed E-state index contributed by atoms with van der Waals surface area (Å²) in [6.07, 6.45) is 6.42. The second kappa shape index (κ2) is 4.86. The third kappa shape index (κ3) is 2.57. The smallest absolute Gasteiger partial charge is 0.141 e. The molecular weight excluding hydrogens is 222 g/mol. The monoisotopic (exact) mass is 239 g/mol. The highest BCUT2D eigenvalue weighted by atomic mass is 15.0. The molecule has 0 amide bonds. The Labute approximate surface area is 107 Å². The average molecular weight is 239 g/mol. The largest absolute Gasteiger partial charge is 0.307 e. The molecule has 1 aromatic heterocycles. The summed E-state index contributed by atoms with van der Waals surface area (Å²) < 4.78 is 0. The van der Waals surface area contributed by atoms with E-state index >= 15 is 0 Å². The van der Waals surface area contributed by atoms with Crippen molar-refractivity contribution in [2.75, 3.05) is 0 Å². The lowest BCUT2D eigenvalue weighted by Gasteiger charge is -2.06. The van der Waals surface area contributed by atoms with Crippen molar-refractivity contribution in [3.8, 4) is 11.1 Å². The van der Waals surface area contributed by atoms with Crippen LogP contribution in [0.2, 0.25) is 0 Å². The molecule has 1 heterocycles. The van der Waals surface area contributed by atoms with Crippen LogP contribution in [0.1, 0.15) is 24.2 Å². The van der Waals surface area contributed by atoms with Crippen molar-refractivity contribution in [2.45, 2.75) is 32.4 Å². The van der Waals surface area contributed by atoms with E-state index < -0.39 is 0 Å². The van der Waals surface area contributed by atoms with Gasteiger partial charge in [-0.25, -0.2) is 9.97 Å². The van der Waals surface area contributed by atoms with Crippen molar-refractivity contribution in [3.63, 3.8) is 0 Å². The molecule has 1 aromatic carbocycles. The lowest BCUT2D eigenvalue weighted by atomic mass is 10.0. The molecule has 3 rings (SSSR count). The minimum absolute atomic E-state index is 0.699. The highest BCUT2D eigenvalue weighted by Crippen LogP contribution is 2.22. The van der Waals surface area contributed by atoms with Gasteiger partial charge in [-0.15, -0.1) is 0 Å². The Hall–Kier alpha value is -1.74. The van der Waals surface area contributed by atoms with E-state index in [9.17, 15) is 0 Å². The number of benzene rings is 1. The van der Waals surface area contributed by atoms with Crippen molar-refractivity contribution in [1.29, 1.82) is 0 Å². The van der Waals surface area contributed by atoms with Crippen LogP contribution in [0.5, 0.6) is 0 Å². The van der Waals surface area contributed by atoms with Crippen LogP contribution in [-0.4, -0.2) is 16.0 Å².